The van der Waals surface area contributed by atoms with Crippen molar-refractivity contribution in [3.63, 3.8) is 0 Å². The van der Waals surface area contributed by atoms with Crippen LogP contribution in [0, 0.1) is 0 Å². The van der Waals surface area contributed by atoms with Crippen molar-refractivity contribution in [3.05, 3.63) is 41.6 Å². The second-order valence-electron chi connectivity index (χ2n) is 4.81. The molecule has 0 radical (unpaired) electrons. The Bertz CT molecular complexity index is 547. The minimum Gasteiger partial charge on any atom is -0.254 e. The summed E-state index contributed by atoms with van der Waals surface area (Å²) in [7, 11) is -3.77. The Balaban J connectivity index is 2.80. The van der Waals surface area contributed by atoms with Gasteiger partial charge in [-0.25, -0.2) is 0 Å². The van der Waals surface area contributed by atoms with Gasteiger partial charge in [-0.05, 0) is 43.4 Å². The molecule has 0 aromatic heterocycles. The fourth-order valence-electron chi connectivity index (χ4n) is 1.72. The van der Waals surface area contributed by atoms with Gasteiger partial charge in [0.15, 0.2) is 0 Å². The van der Waals surface area contributed by atoms with Gasteiger partial charge in [-0.3, -0.25) is 5.48 Å². The third-order valence-electron chi connectivity index (χ3n) is 3.17. The van der Waals surface area contributed by atoms with Crippen LogP contribution < -0.4 is 5.48 Å². The maximum absolute atomic E-state index is 12.0. The zero-order valence-electron chi connectivity index (χ0n) is 12.5. The summed E-state index contributed by atoms with van der Waals surface area (Å²) in [6, 6.07) is 6.83. The van der Waals surface area contributed by atoms with Gasteiger partial charge in [0, 0.05) is 5.70 Å². The van der Waals surface area contributed by atoms with Crippen LogP contribution in [0.25, 0.3) is 0 Å². The first-order valence-electron chi connectivity index (χ1n) is 6.87. The third-order valence-corrected chi connectivity index (χ3v) is 4.33. The Morgan fingerprint density at radius 1 is 1.30 bits per heavy atom. The third kappa shape index (κ3) is 4.65. The molecule has 0 bridgehead atoms. The van der Waals surface area contributed by atoms with E-state index in [-0.39, 0.29) is 4.90 Å². The van der Waals surface area contributed by atoms with Gasteiger partial charge in [0.05, 0.1) is 4.90 Å². The summed E-state index contributed by atoms with van der Waals surface area (Å²) < 4.78 is 28.8. The molecule has 0 aliphatic rings. The summed E-state index contributed by atoms with van der Waals surface area (Å²) in [6.45, 7) is 7.93. The van der Waals surface area contributed by atoms with Gasteiger partial charge >= 0.3 is 10.1 Å². The van der Waals surface area contributed by atoms with E-state index in [1.165, 1.54) is 0 Å². The molecule has 4 nitrogen and oxygen atoms in total. The molecule has 1 rings (SSSR count). The van der Waals surface area contributed by atoms with Gasteiger partial charge < -0.3 is 0 Å². The van der Waals surface area contributed by atoms with Gasteiger partial charge in [-0.1, -0.05) is 39.0 Å². The molecule has 1 atom stereocenters. The normalized spacial score (nSPS) is 14.1. The molecule has 1 N–H and O–H groups in total. The van der Waals surface area contributed by atoms with Crippen molar-refractivity contribution in [2.75, 3.05) is 0 Å². The molecule has 0 amide bonds. The average Bonchev–Trinajstić information content (AvgIpc) is 2.45. The Morgan fingerprint density at radius 2 is 1.90 bits per heavy atom. The van der Waals surface area contributed by atoms with E-state index in [9.17, 15) is 8.42 Å². The van der Waals surface area contributed by atoms with E-state index >= 15 is 0 Å². The number of hydrogen-bond donors (Lipinski definition) is 1. The highest BCUT2D eigenvalue weighted by Crippen LogP contribution is 2.21. The molecule has 0 aliphatic heterocycles. The van der Waals surface area contributed by atoms with Crippen LogP contribution >= 0.6 is 0 Å². The highest BCUT2D eigenvalue weighted by Gasteiger charge is 2.16. The summed E-state index contributed by atoms with van der Waals surface area (Å²) in [6.07, 6.45) is 3.68. The molecule has 0 heterocycles. The van der Waals surface area contributed by atoms with E-state index in [2.05, 4.69) is 19.3 Å². The molecule has 20 heavy (non-hydrogen) atoms. The highest BCUT2D eigenvalue weighted by atomic mass is 32.2. The lowest BCUT2D eigenvalue weighted by Crippen LogP contribution is -2.18. The van der Waals surface area contributed by atoms with Gasteiger partial charge in [-0.15, -0.1) is 4.28 Å². The molecular formula is C15H23NO3S. The van der Waals surface area contributed by atoms with Gasteiger partial charge in [-0.2, -0.15) is 8.42 Å². The van der Waals surface area contributed by atoms with Crippen molar-refractivity contribution < 1.29 is 12.7 Å². The largest absolute Gasteiger partial charge is 0.317 e. The standard InChI is InChI=1S/C15H23NO3S/c1-5-7-13(4)16-19-20(17,18)15-10-8-14(9-11-15)12(3)6-2/h7-12,16H,5-6H2,1-4H3/b13-7-. The molecular weight excluding hydrogens is 274 g/mol. The van der Waals surface area contributed by atoms with Crippen molar-refractivity contribution in [2.24, 2.45) is 0 Å². The van der Waals surface area contributed by atoms with E-state index in [1.54, 1.807) is 19.1 Å². The van der Waals surface area contributed by atoms with Crippen LogP contribution in [0.5, 0.6) is 0 Å². The van der Waals surface area contributed by atoms with E-state index in [4.69, 9.17) is 4.28 Å². The Morgan fingerprint density at radius 3 is 2.40 bits per heavy atom. The minimum absolute atomic E-state index is 0.154. The lowest BCUT2D eigenvalue weighted by atomic mass is 9.99. The van der Waals surface area contributed by atoms with Gasteiger partial charge in [0.2, 0.25) is 0 Å². The van der Waals surface area contributed by atoms with Crippen LogP contribution in [0.15, 0.2) is 40.9 Å². The van der Waals surface area contributed by atoms with Crippen LogP contribution in [0.2, 0.25) is 0 Å². The number of rotatable bonds is 7. The molecule has 5 heteroatoms. The van der Waals surface area contributed by atoms with Crippen molar-refractivity contribution in [3.8, 4) is 0 Å². The molecule has 112 valence electrons. The van der Waals surface area contributed by atoms with E-state index in [0.717, 1.165) is 18.4 Å². The van der Waals surface area contributed by atoms with Gasteiger partial charge in [0.1, 0.15) is 0 Å². The zero-order valence-corrected chi connectivity index (χ0v) is 13.3. The Hall–Kier alpha value is -1.33. The molecule has 1 unspecified atom stereocenters. The molecule has 1 aromatic rings. The minimum atomic E-state index is -3.77. The van der Waals surface area contributed by atoms with Crippen molar-refractivity contribution in [1.82, 2.24) is 5.48 Å². The van der Waals surface area contributed by atoms with Crippen LogP contribution in [-0.2, 0) is 14.4 Å². The quantitative estimate of drug-likeness (QED) is 0.779. The number of benzene rings is 1. The number of nitrogens with one attached hydrogen (secondary N) is 1. The molecule has 1 aromatic carbocycles. The Labute approximate surface area is 121 Å². The van der Waals surface area contributed by atoms with Crippen molar-refractivity contribution in [2.45, 2.75) is 51.3 Å². The maximum Gasteiger partial charge on any atom is 0.317 e. The molecule has 0 saturated heterocycles. The fourth-order valence-corrected chi connectivity index (χ4v) is 2.52. The van der Waals surface area contributed by atoms with Crippen LogP contribution in [-0.4, -0.2) is 8.42 Å². The molecule has 0 spiro atoms. The SMILES string of the molecule is CC/C=C(/C)NOS(=O)(=O)c1ccc(C(C)CC)cc1. The first-order chi connectivity index (χ1) is 9.40. The smallest absolute Gasteiger partial charge is 0.254 e. The monoisotopic (exact) mass is 297 g/mol. The van der Waals surface area contributed by atoms with Crippen LogP contribution in [0.4, 0.5) is 0 Å². The molecule has 0 fully saturated rings. The highest BCUT2D eigenvalue weighted by molar-refractivity contribution is 7.86. The van der Waals surface area contributed by atoms with E-state index < -0.39 is 10.1 Å². The summed E-state index contributed by atoms with van der Waals surface area (Å²) >= 11 is 0. The van der Waals surface area contributed by atoms with Crippen molar-refractivity contribution in [1.29, 1.82) is 0 Å². The first-order valence-corrected chi connectivity index (χ1v) is 8.27. The van der Waals surface area contributed by atoms with Gasteiger partial charge in [0.25, 0.3) is 0 Å². The van der Waals surface area contributed by atoms with E-state index in [0.29, 0.717) is 11.6 Å². The fraction of sp³-hybridized carbons (Fsp3) is 0.467. The summed E-state index contributed by atoms with van der Waals surface area (Å²) in [5.41, 5.74) is 4.24. The predicted octanol–water partition coefficient (Wildman–Crippen LogP) is 3.72. The summed E-state index contributed by atoms with van der Waals surface area (Å²) in [5.74, 6) is 0.417. The summed E-state index contributed by atoms with van der Waals surface area (Å²) in [5, 5.41) is 0. The van der Waals surface area contributed by atoms with Crippen LogP contribution in [0.1, 0.15) is 52.0 Å². The molecule has 0 saturated carbocycles. The molecule has 0 aliphatic carbocycles. The van der Waals surface area contributed by atoms with Crippen molar-refractivity contribution >= 4 is 10.1 Å². The van der Waals surface area contributed by atoms with E-state index in [1.807, 2.05) is 25.1 Å². The predicted molar refractivity (Wildman–Crippen MR) is 80.6 cm³/mol. The summed E-state index contributed by atoms with van der Waals surface area (Å²) in [4.78, 5) is 0.154. The maximum atomic E-state index is 12.0. The number of hydroxylamine groups is 1. The lowest BCUT2D eigenvalue weighted by Gasteiger charge is -2.11. The Kier molecular flexibility index (Phi) is 6.23. The number of allylic oxidation sites excluding steroid dienone is 2. The second-order valence-corrected chi connectivity index (χ2v) is 6.36. The average molecular weight is 297 g/mol. The lowest BCUT2D eigenvalue weighted by molar-refractivity contribution is 0.236. The number of hydrogen-bond acceptors (Lipinski definition) is 4. The second kappa shape index (κ2) is 7.45. The zero-order chi connectivity index (χ0) is 15.2. The first kappa shape index (κ1) is 16.7. The topological polar surface area (TPSA) is 55.4 Å². The van der Waals surface area contributed by atoms with Crippen LogP contribution in [0.3, 0.4) is 0 Å².